The Balaban J connectivity index is 2.97. The lowest BCUT2D eigenvalue weighted by Gasteiger charge is -2.11. The molecule has 2 N–H and O–H groups in total. The second-order valence-corrected chi connectivity index (χ2v) is 4.90. The SMILES string of the molecule is COc1ccc(S(=O)(=O)NOCC(=O)O)c(OC)c1. The summed E-state index contributed by atoms with van der Waals surface area (Å²) in [6.45, 7) is -0.794. The number of nitrogens with one attached hydrogen (secondary N) is 1. The van der Waals surface area contributed by atoms with Gasteiger partial charge in [0.2, 0.25) is 0 Å². The monoisotopic (exact) mass is 291 g/mol. The molecule has 0 saturated heterocycles. The lowest BCUT2D eigenvalue weighted by molar-refractivity contribution is -0.143. The molecule has 1 rings (SSSR count). The molecule has 0 aromatic heterocycles. The standard InChI is InChI=1S/C10H13NO7S/c1-16-7-3-4-9(8(5-7)17-2)19(14,15)11-18-6-10(12)13/h3-5,11H,6H2,1-2H3,(H,12,13). The summed E-state index contributed by atoms with van der Waals surface area (Å²) in [5.74, 6) is -0.836. The van der Waals surface area contributed by atoms with Crippen molar-refractivity contribution < 1.29 is 32.6 Å². The summed E-state index contributed by atoms with van der Waals surface area (Å²) < 4.78 is 33.5. The molecule has 9 heteroatoms. The van der Waals surface area contributed by atoms with Gasteiger partial charge in [0.15, 0.2) is 6.61 Å². The predicted molar refractivity (Wildman–Crippen MR) is 63.5 cm³/mol. The minimum atomic E-state index is -4.04. The maximum atomic E-state index is 11.8. The molecule has 106 valence electrons. The van der Waals surface area contributed by atoms with E-state index in [0.717, 1.165) is 0 Å². The Morgan fingerprint density at radius 2 is 2.00 bits per heavy atom. The van der Waals surface area contributed by atoms with Crippen molar-refractivity contribution >= 4 is 16.0 Å². The Bertz CT molecular complexity index is 555. The zero-order chi connectivity index (χ0) is 14.5. The van der Waals surface area contributed by atoms with Crippen LogP contribution in [-0.2, 0) is 19.7 Å². The summed E-state index contributed by atoms with van der Waals surface area (Å²) >= 11 is 0. The normalized spacial score (nSPS) is 11.1. The highest BCUT2D eigenvalue weighted by Gasteiger charge is 2.20. The van der Waals surface area contributed by atoms with E-state index in [0.29, 0.717) is 5.75 Å². The zero-order valence-electron chi connectivity index (χ0n) is 10.2. The van der Waals surface area contributed by atoms with Crippen LogP contribution < -0.4 is 14.4 Å². The van der Waals surface area contributed by atoms with Crippen molar-refractivity contribution in [3.63, 3.8) is 0 Å². The van der Waals surface area contributed by atoms with Gasteiger partial charge in [0, 0.05) is 6.07 Å². The van der Waals surface area contributed by atoms with Crippen LogP contribution in [0.2, 0.25) is 0 Å². The number of aliphatic carboxylic acids is 1. The van der Waals surface area contributed by atoms with Crippen molar-refractivity contribution in [3.05, 3.63) is 18.2 Å². The van der Waals surface area contributed by atoms with E-state index in [4.69, 9.17) is 14.6 Å². The van der Waals surface area contributed by atoms with Crippen molar-refractivity contribution in [1.29, 1.82) is 0 Å². The number of methoxy groups -OCH3 is 2. The van der Waals surface area contributed by atoms with Gasteiger partial charge in [0.05, 0.1) is 14.2 Å². The van der Waals surface area contributed by atoms with E-state index in [1.165, 1.54) is 32.4 Å². The first-order valence-corrected chi connectivity index (χ1v) is 6.46. The van der Waals surface area contributed by atoms with Crippen molar-refractivity contribution in [2.24, 2.45) is 0 Å². The lowest BCUT2D eigenvalue weighted by Crippen LogP contribution is -2.27. The molecule has 0 aliphatic carbocycles. The fraction of sp³-hybridized carbons (Fsp3) is 0.300. The van der Waals surface area contributed by atoms with Crippen molar-refractivity contribution in [2.45, 2.75) is 4.90 Å². The highest BCUT2D eigenvalue weighted by Crippen LogP contribution is 2.28. The predicted octanol–water partition coefficient (Wildman–Crippen LogP) is -0.00170. The van der Waals surface area contributed by atoms with Gasteiger partial charge in [-0.15, -0.1) is 0 Å². The maximum absolute atomic E-state index is 11.8. The Morgan fingerprint density at radius 1 is 1.32 bits per heavy atom. The molecule has 8 nitrogen and oxygen atoms in total. The Morgan fingerprint density at radius 3 is 2.53 bits per heavy atom. The van der Waals surface area contributed by atoms with Crippen molar-refractivity contribution in [3.8, 4) is 11.5 Å². The third-order valence-corrected chi connectivity index (χ3v) is 3.28. The largest absolute Gasteiger partial charge is 0.497 e. The van der Waals surface area contributed by atoms with Gasteiger partial charge in [-0.1, -0.05) is 4.89 Å². The molecule has 0 aliphatic rings. The number of hydrogen-bond donors (Lipinski definition) is 2. The maximum Gasteiger partial charge on any atom is 0.331 e. The fourth-order valence-electron chi connectivity index (χ4n) is 1.21. The Hall–Kier alpha value is -1.84. The van der Waals surface area contributed by atoms with Gasteiger partial charge in [-0.05, 0) is 12.1 Å². The highest BCUT2D eigenvalue weighted by atomic mass is 32.2. The topological polar surface area (TPSA) is 111 Å². The van der Waals surface area contributed by atoms with Crippen LogP contribution in [0.4, 0.5) is 0 Å². The average molecular weight is 291 g/mol. The number of ether oxygens (including phenoxy) is 2. The minimum Gasteiger partial charge on any atom is -0.497 e. The Labute approximate surface area is 109 Å². The molecule has 0 spiro atoms. The molecule has 0 fully saturated rings. The van der Waals surface area contributed by atoms with Gasteiger partial charge in [-0.3, -0.25) is 4.84 Å². The average Bonchev–Trinajstić information content (AvgIpc) is 2.37. The van der Waals surface area contributed by atoms with Gasteiger partial charge < -0.3 is 14.6 Å². The highest BCUT2D eigenvalue weighted by molar-refractivity contribution is 7.89. The van der Waals surface area contributed by atoms with Gasteiger partial charge in [-0.25, -0.2) is 13.2 Å². The first kappa shape index (κ1) is 15.2. The van der Waals surface area contributed by atoms with Gasteiger partial charge >= 0.3 is 5.97 Å². The molecule has 1 aromatic rings. The van der Waals surface area contributed by atoms with Crippen LogP contribution in [0.1, 0.15) is 0 Å². The fourth-order valence-corrected chi connectivity index (χ4v) is 2.17. The van der Waals surface area contributed by atoms with Crippen molar-refractivity contribution in [1.82, 2.24) is 4.89 Å². The van der Waals surface area contributed by atoms with Crippen molar-refractivity contribution in [2.75, 3.05) is 20.8 Å². The van der Waals surface area contributed by atoms with Crippen LogP contribution >= 0.6 is 0 Å². The second-order valence-electron chi connectivity index (χ2n) is 3.29. The molecule has 1 aromatic carbocycles. The van der Waals surface area contributed by atoms with E-state index in [1.54, 1.807) is 4.89 Å². The summed E-state index contributed by atoms with van der Waals surface area (Å²) in [6, 6.07) is 4.06. The van der Waals surface area contributed by atoms with Crippen LogP contribution in [0.5, 0.6) is 11.5 Å². The Kier molecular flexibility index (Phi) is 5.10. The van der Waals surface area contributed by atoms with E-state index in [9.17, 15) is 13.2 Å². The summed E-state index contributed by atoms with van der Waals surface area (Å²) in [7, 11) is -1.31. The molecule has 0 bridgehead atoms. The third-order valence-electron chi connectivity index (χ3n) is 2.02. The first-order chi connectivity index (χ1) is 8.90. The molecule has 0 atom stereocenters. The molecular formula is C10H13NO7S. The number of rotatable bonds is 7. The zero-order valence-corrected chi connectivity index (χ0v) is 11.1. The van der Waals surface area contributed by atoms with Gasteiger partial charge in [0.25, 0.3) is 10.0 Å². The number of hydrogen-bond acceptors (Lipinski definition) is 6. The van der Waals surface area contributed by atoms with E-state index < -0.39 is 22.6 Å². The first-order valence-electron chi connectivity index (χ1n) is 4.98. The van der Waals surface area contributed by atoms with E-state index in [2.05, 4.69) is 4.84 Å². The molecule has 19 heavy (non-hydrogen) atoms. The van der Waals surface area contributed by atoms with Gasteiger partial charge in [0.1, 0.15) is 16.4 Å². The van der Waals surface area contributed by atoms with Gasteiger partial charge in [-0.2, -0.15) is 0 Å². The molecule has 0 aliphatic heterocycles. The van der Waals surface area contributed by atoms with Crippen LogP contribution in [0.15, 0.2) is 23.1 Å². The lowest BCUT2D eigenvalue weighted by atomic mass is 10.3. The molecule has 0 amide bonds. The van der Waals surface area contributed by atoms with Crippen LogP contribution in [-0.4, -0.2) is 40.3 Å². The smallest absolute Gasteiger partial charge is 0.331 e. The number of sulfonamides is 1. The summed E-state index contributed by atoms with van der Waals surface area (Å²) in [5, 5.41) is 8.35. The van der Waals surface area contributed by atoms with E-state index in [-0.39, 0.29) is 10.6 Å². The van der Waals surface area contributed by atoms with Crippen LogP contribution in [0.25, 0.3) is 0 Å². The molecular weight excluding hydrogens is 278 g/mol. The summed E-state index contributed by atoms with van der Waals surface area (Å²) in [4.78, 5) is 16.1. The van der Waals surface area contributed by atoms with Crippen LogP contribution in [0.3, 0.4) is 0 Å². The quantitative estimate of drug-likeness (QED) is 0.680. The summed E-state index contributed by atoms with van der Waals surface area (Å²) in [6.07, 6.45) is 0. The number of benzene rings is 1. The number of carboxylic acid groups (broad SMARTS) is 1. The number of carbonyl (C=O) groups is 1. The molecule has 0 saturated carbocycles. The minimum absolute atomic E-state index is 0.0470. The second kappa shape index (κ2) is 6.36. The summed E-state index contributed by atoms with van der Waals surface area (Å²) in [5.41, 5.74) is 0. The number of carboxylic acids is 1. The molecule has 0 heterocycles. The third kappa shape index (κ3) is 4.09. The van der Waals surface area contributed by atoms with E-state index >= 15 is 0 Å². The molecule has 0 radical (unpaired) electrons. The van der Waals surface area contributed by atoms with E-state index in [1.807, 2.05) is 0 Å². The molecule has 0 unspecified atom stereocenters. The van der Waals surface area contributed by atoms with Crippen LogP contribution in [0, 0.1) is 0 Å².